The van der Waals surface area contributed by atoms with Gasteiger partial charge in [-0.05, 0) is 58.7 Å². The van der Waals surface area contributed by atoms with E-state index in [4.69, 9.17) is 4.74 Å². The summed E-state index contributed by atoms with van der Waals surface area (Å²) in [6.45, 7) is 6.98. The van der Waals surface area contributed by atoms with Crippen LogP contribution in [-0.4, -0.2) is 50.3 Å². The lowest BCUT2D eigenvalue weighted by Crippen LogP contribution is -2.43. The van der Waals surface area contributed by atoms with E-state index in [0.717, 1.165) is 16.0 Å². The summed E-state index contributed by atoms with van der Waals surface area (Å²) in [5, 5.41) is 1.93. The molecule has 9 heteroatoms. The summed E-state index contributed by atoms with van der Waals surface area (Å²) in [6.07, 6.45) is 0.450. The molecule has 0 unspecified atom stereocenters. The van der Waals surface area contributed by atoms with Gasteiger partial charge in [-0.1, -0.05) is 51.1 Å². The quantitative estimate of drug-likeness (QED) is 0.284. The lowest BCUT2D eigenvalue weighted by atomic mass is 9.87. The van der Waals surface area contributed by atoms with Crippen molar-refractivity contribution in [3.05, 3.63) is 87.9 Å². The van der Waals surface area contributed by atoms with Crippen LogP contribution in [0.3, 0.4) is 0 Å². The van der Waals surface area contributed by atoms with Gasteiger partial charge in [-0.25, -0.2) is 12.8 Å². The molecule has 37 heavy (non-hydrogen) atoms. The van der Waals surface area contributed by atoms with Crippen LogP contribution in [0, 0.1) is 5.82 Å². The summed E-state index contributed by atoms with van der Waals surface area (Å²) in [5.74, 6) is -0.683. The highest BCUT2D eigenvalue weighted by atomic mass is 32.2. The van der Waals surface area contributed by atoms with Crippen molar-refractivity contribution in [1.29, 1.82) is 0 Å². The molecule has 0 aliphatic carbocycles. The second-order valence-corrected chi connectivity index (χ2v) is 12.9. The molecule has 0 spiro atoms. The van der Waals surface area contributed by atoms with Gasteiger partial charge in [0.15, 0.2) is 0 Å². The van der Waals surface area contributed by atoms with Crippen molar-refractivity contribution in [2.75, 3.05) is 26.8 Å². The van der Waals surface area contributed by atoms with Crippen molar-refractivity contribution >= 4 is 27.3 Å². The molecule has 0 saturated heterocycles. The zero-order valence-electron chi connectivity index (χ0n) is 21.8. The van der Waals surface area contributed by atoms with Crippen molar-refractivity contribution in [1.82, 2.24) is 9.21 Å². The molecule has 2 aromatic carbocycles. The second-order valence-electron chi connectivity index (χ2n) is 9.91. The molecule has 0 N–H and O–H groups in total. The normalized spacial score (nSPS) is 12.2. The highest BCUT2D eigenvalue weighted by molar-refractivity contribution is 7.89. The zero-order valence-corrected chi connectivity index (χ0v) is 23.4. The molecule has 1 heterocycles. The van der Waals surface area contributed by atoms with Crippen LogP contribution in [0.25, 0.3) is 0 Å². The van der Waals surface area contributed by atoms with Crippen molar-refractivity contribution in [2.45, 2.75) is 50.6 Å². The van der Waals surface area contributed by atoms with Gasteiger partial charge in [0.05, 0.1) is 18.0 Å². The fraction of sp³-hybridized carbons (Fsp3) is 0.393. The highest BCUT2D eigenvalue weighted by Gasteiger charge is 2.29. The van der Waals surface area contributed by atoms with Crippen LogP contribution in [0.1, 0.15) is 43.2 Å². The molecule has 1 aromatic heterocycles. The van der Waals surface area contributed by atoms with Gasteiger partial charge in [0.2, 0.25) is 15.9 Å². The molecule has 0 aliphatic rings. The summed E-state index contributed by atoms with van der Waals surface area (Å²) < 4.78 is 47.1. The van der Waals surface area contributed by atoms with E-state index < -0.39 is 10.0 Å². The molecule has 0 aliphatic heterocycles. The maximum absolute atomic E-state index is 13.6. The van der Waals surface area contributed by atoms with Crippen molar-refractivity contribution in [3.8, 4) is 0 Å². The largest absolute Gasteiger partial charge is 0.385 e. The summed E-state index contributed by atoms with van der Waals surface area (Å²) in [5.41, 5.74) is 1.67. The Morgan fingerprint density at radius 2 is 1.68 bits per heavy atom. The number of carbonyl (C=O) groups excluding carboxylic acids is 1. The average molecular weight is 547 g/mol. The van der Waals surface area contributed by atoms with Crippen LogP contribution in [-0.2, 0) is 38.1 Å². The molecule has 1 amide bonds. The number of methoxy groups -OCH3 is 1. The third-order valence-corrected chi connectivity index (χ3v) is 8.71. The second kappa shape index (κ2) is 12.8. The Kier molecular flexibility index (Phi) is 10.0. The topological polar surface area (TPSA) is 66.9 Å². The minimum absolute atomic E-state index is 0.112. The van der Waals surface area contributed by atoms with E-state index in [1.54, 1.807) is 36.3 Å². The fourth-order valence-electron chi connectivity index (χ4n) is 3.83. The monoisotopic (exact) mass is 546 g/mol. The molecular weight excluding hydrogens is 511 g/mol. The first-order valence-corrected chi connectivity index (χ1v) is 14.5. The SMILES string of the molecule is COCCCN(CC(=O)N(Cc1ccc(F)cc1)Cc1cccs1)S(=O)(=O)c1ccc(C(C)(C)C)cc1. The van der Waals surface area contributed by atoms with Crippen LogP contribution >= 0.6 is 11.3 Å². The minimum Gasteiger partial charge on any atom is -0.385 e. The number of hydrogen-bond acceptors (Lipinski definition) is 5. The van der Waals surface area contributed by atoms with Gasteiger partial charge in [-0.15, -0.1) is 11.3 Å². The molecule has 200 valence electrons. The number of ether oxygens (including phenoxy) is 1. The molecule has 0 radical (unpaired) electrons. The van der Waals surface area contributed by atoms with Gasteiger partial charge in [-0.3, -0.25) is 4.79 Å². The Labute approximate surface area is 223 Å². The van der Waals surface area contributed by atoms with Crippen LogP contribution in [0.15, 0.2) is 70.9 Å². The van der Waals surface area contributed by atoms with E-state index in [-0.39, 0.29) is 41.7 Å². The molecule has 0 fully saturated rings. The first kappa shape index (κ1) is 29.0. The summed E-state index contributed by atoms with van der Waals surface area (Å²) in [4.78, 5) is 16.3. The Morgan fingerprint density at radius 1 is 1.00 bits per heavy atom. The van der Waals surface area contributed by atoms with E-state index >= 15 is 0 Å². The molecule has 0 bridgehead atoms. The molecule has 0 atom stereocenters. The number of amides is 1. The summed E-state index contributed by atoms with van der Waals surface area (Å²) >= 11 is 1.52. The van der Waals surface area contributed by atoms with Gasteiger partial charge < -0.3 is 9.64 Å². The third kappa shape index (κ3) is 8.20. The Bertz CT molecular complexity index is 1240. The maximum Gasteiger partial charge on any atom is 0.243 e. The van der Waals surface area contributed by atoms with Crippen molar-refractivity contribution in [3.63, 3.8) is 0 Å². The van der Waals surface area contributed by atoms with Gasteiger partial charge >= 0.3 is 0 Å². The molecule has 3 rings (SSSR count). The number of carbonyl (C=O) groups is 1. The zero-order chi connectivity index (χ0) is 27.1. The standard InChI is InChI=1S/C28H35FN2O4S2/c1-28(2,3)23-10-14-26(15-11-23)37(33,34)31(16-6-17-35-4)21-27(32)30(20-25-7-5-18-36-25)19-22-8-12-24(29)13-9-22/h5,7-15,18H,6,16-17,19-21H2,1-4H3. The fourth-order valence-corrected chi connectivity index (χ4v) is 5.98. The van der Waals surface area contributed by atoms with E-state index in [0.29, 0.717) is 19.6 Å². The number of halogens is 1. The predicted molar refractivity (Wildman–Crippen MR) is 145 cm³/mol. The number of hydrogen-bond donors (Lipinski definition) is 0. The lowest BCUT2D eigenvalue weighted by molar-refractivity contribution is -0.132. The van der Waals surface area contributed by atoms with Gasteiger partial charge in [0.1, 0.15) is 5.82 Å². The first-order valence-electron chi connectivity index (χ1n) is 12.1. The van der Waals surface area contributed by atoms with Crippen molar-refractivity contribution in [2.24, 2.45) is 0 Å². The number of rotatable bonds is 12. The Morgan fingerprint density at radius 3 is 2.24 bits per heavy atom. The van der Waals surface area contributed by atoms with Gasteiger partial charge in [0.25, 0.3) is 0 Å². The summed E-state index contributed by atoms with van der Waals surface area (Å²) in [7, 11) is -2.37. The van der Waals surface area contributed by atoms with Crippen LogP contribution in [0.4, 0.5) is 4.39 Å². The number of benzene rings is 2. The third-order valence-electron chi connectivity index (χ3n) is 5.99. The van der Waals surface area contributed by atoms with Gasteiger partial charge in [0, 0.05) is 31.7 Å². The maximum atomic E-state index is 13.6. The predicted octanol–water partition coefficient (Wildman–Crippen LogP) is 5.44. The average Bonchev–Trinajstić information content (AvgIpc) is 3.37. The van der Waals surface area contributed by atoms with E-state index in [1.807, 2.05) is 29.6 Å². The van der Waals surface area contributed by atoms with E-state index in [2.05, 4.69) is 20.8 Å². The Balaban J connectivity index is 1.86. The van der Waals surface area contributed by atoms with E-state index in [1.165, 1.54) is 27.8 Å². The van der Waals surface area contributed by atoms with E-state index in [9.17, 15) is 17.6 Å². The molecule has 6 nitrogen and oxygen atoms in total. The molecular formula is C28H35FN2O4S2. The first-order chi connectivity index (χ1) is 17.5. The number of thiophene rings is 1. The van der Waals surface area contributed by atoms with Crippen molar-refractivity contribution < 1.29 is 22.3 Å². The van der Waals surface area contributed by atoms with Crippen LogP contribution in [0.2, 0.25) is 0 Å². The van der Waals surface area contributed by atoms with Crippen LogP contribution in [0.5, 0.6) is 0 Å². The molecule has 3 aromatic rings. The summed E-state index contributed by atoms with van der Waals surface area (Å²) in [6, 6.07) is 16.7. The smallest absolute Gasteiger partial charge is 0.243 e. The highest BCUT2D eigenvalue weighted by Crippen LogP contribution is 2.25. The minimum atomic E-state index is -3.93. The molecule has 0 saturated carbocycles. The number of sulfonamides is 1. The number of nitrogens with zero attached hydrogens (tertiary/aromatic N) is 2. The Hall–Kier alpha value is -2.59. The van der Waals surface area contributed by atoms with Crippen LogP contribution < -0.4 is 0 Å². The lowest BCUT2D eigenvalue weighted by Gasteiger charge is -2.27. The van der Waals surface area contributed by atoms with Gasteiger partial charge in [-0.2, -0.15) is 4.31 Å².